The lowest BCUT2D eigenvalue weighted by molar-refractivity contribution is -0.120. The first-order chi connectivity index (χ1) is 5.74. The molecule has 0 atom stereocenters. The van der Waals surface area contributed by atoms with E-state index in [-0.39, 0.29) is 5.91 Å². The van der Waals surface area contributed by atoms with Gasteiger partial charge in [-0.05, 0) is 13.8 Å². The summed E-state index contributed by atoms with van der Waals surface area (Å²) in [4.78, 5) is 11.1. The van der Waals surface area contributed by atoms with Gasteiger partial charge in [-0.3, -0.25) is 9.89 Å². The molecule has 1 amide bonds. The van der Waals surface area contributed by atoms with Gasteiger partial charge in [-0.1, -0.05) is 0 Å². The third-order valence-electron chi connectivity index (χ3n) is 1.66. The summed E-state index contributed by atoms with van der Waals surface area (Å²) in [5, 5.41) is 9.35. The maximum absolute atomic E-state index is 11.1. The molecule has 0 bridgehead atoms. The van der Waals surface area contributed by atoms with Gasteiger partial charge in [0.2, 0.25) is 5.91 Å². The number of amides is 1. The number of likely N-dealkylation sites (N-methyl/N-ethyl adjacent to an activating group) is 1. The van der Waals surface area contributed by atoms with Gasteiger partial charge in [-0.25, -0.2) is 0 Å². The summed E-state index contributed by atoms with van der Waals surface area (Å²) in [5.41, 5.74) is 1.92. The molecule has 0 aliphatic rings. The Morgan fingerprint density at radius 1 is 1.75 bits per heavy atom. The van der Waals surface area contributed by atoms with E-state index in [0.717, 1.165) is 11.3 Å². The molecule has 0 aliphatic carbocycles. The van der Waals surface area contributed by atoms with Crippen LogP contribution in [-0.4, -0.2) is 22.6 Å². The maximum Gasteiger partial charge on any atom is 0.224 e. The van der Waals surface area contributed by atoms with Crippen molar-refractivity contribution in [3.05, 3.63) is 17.5 Å². The summed E-state index contributed by atoms with van der Waals surface area (Å²) in [7, 11) is 0. The molecule has 4 heteroatoms. The number of aromatic amines is 1. The number of nitrogens with one attached hydrogen (secondary N) is 2. The molecule has 0 aliphatic heterocycles. The van der Waals surface area contributed by atoms with Gasteiger partial charge in [-0.15, -0.1) is 0 Å². The first-order valence-corrected chi connectivity index (χ1v) is 3.99. The number of nitrogens with zero attached hydrogens (tertiary/aromatic N) is 1. The van der Waals surface area contributed by atoms with Crippen LogP contribution in [0.4, 0.5) is 0 Å². The molecule has 12 heavy (non-hydrogen) atoms. The molecule has 0 aromatic carbocycles. The molecule has 1 aromatic rings. The van der Waals surface area contributed by atoms with Crippen LogP contribution < -0.4 is 5.32 Å². The van der Waals surface area contributed by atoms with Crippen LogP contribution in [0, 0.1) is 6.92 Å². The number of carbonyl (C=O) groups is 1. The van der Waals surface area contributed by atoms with E-state index in [1.807, 2.05) is 13.8 Å². The fraction of sp³-hybridized carbons (Fsp3) is 0.500. The molecular weight excluding hydrogens is 154 g/mol. The van der Waals surface area contributed by atoms with E-state index in [4.69, 9.17) is 0 Å². The van der Waals surface area contributed by atoms with Gasteiger partial charge in [0.05, 0.1) is 12.6 Å². The predicted molar refractivity (Wildman–Crippen MR) is 45.7 cm³/mol. The Morgan fingerprint density at radius 3 is 3.00 bits per heavy atom. The average Bonchev–Trinajstić information content (AvgIpc) is 2.37. The zero-order valence-corrected chi connectivity index (χ0v) is 7.35. The molecular formula is C8H13N3O. The van der Waals surface area contributed by atoms with Crippen molar-refractivity contribution in [1.29, 1.82) is 0 Å². The molecule has 0 saturated heterocycles. The van der Waals surface area contributed by atoms with Crippen LogP contribution in [0.1, 0.15) is 18.2 Å². The highest BCUT2D eigenvalue weighted by atomic mass is 16.1. The minimum Gasteiger partial charge on any atom is -0.356 e. The van der Waals surface area contributed by atoms with Crippen LogP contribution >= 0.6 is 0 Å². The zero-order valence-electron chi connectivity index (χ0n) is 7.35. The summed E-state index contributed by atoms with van der Waals surface area (Å²) < 4.78 is 0. The van der Waals surface area contributed by atoms with Crippen molar-refractivity contribution in [3.8, 4) is 0 Å². The van der Waals surface area contributed by atoms with Gasteiger partial charge in [0, 0.05) is 17.8 Å². The van der Waals surface area contributed by atoms with Crippen molar-refractivity contribution in [3.63, 3.8) is 0 Å². The van der Waals surface area contributed by atoms with E-state index in [0.29, 0.717) is 13.0 Å². The third kappa shape index (κ3) is 2.08. The summed E-state index contributed by atoms with van der Waals surface area (Å²) in [5.74, 6) is 0.0435. The van der Waals surface area contributed by atoms with Crippen LogP contribution in [0.5, 0.6) is 0 Å². The molecule has 0 unspecified atom stereocenters. The smallest absolute Gasteiger partial charge is 0.224 e. The van der Waals surface area contributed by atoms with Gasteiger partial charge < -0.3 is 5.32 Å². The highest BCUT2D eigenvalue weighted by molar-refractivity contribution is 5.78. The quantitative estimate of drug-likeness (QED) is 0.684. The van der Waals surface area contributed by atoms with E-state index >= 15 is 0 Å². The highest BCUT2D eigenvalue weighted by Crippen LogP contribution is 2.02. The Hall–Kier alpha value is -1.32. The largest absolute Gasteiger partial charge is 0.356 e. The van der Waals surface area contributed by atoms with Crippen LogP contribution in [0.25, 0.3) is 0 Å². The number of aryl methyl sites for hydroxylation is 1. The average molecular weight is 167 g/mol. The van der Waals surface area contributed by atoms with Crippen molar-refractivity contribution in [2.75, 3.05) is 6.54 Å². The zero-order chi connectivity index (χ0) is 8.97. The summed E-state index contributed by atoms with van der Waals surface area (Å²) in [6, 6.07) is 0. The number of H-pyrrole nitrogens is 1. The van der Waals surface area contributed by atoms with Gasteiger partial charge in [0.1, 0.15) is 0 Å². The number of rotatable bonds is 3. The molecule has 1 heterocycles. The normalized spacial score (nSPS) is 9.83. The molecule has 0 fully saturated rings. The van der Waals surface area contributed by atoms with E-state index in [9.17, 15) is 4.79 Å². The monoisotopic (exact) mass is 167 g/mol. The Morgan fingerprint density at radius 2 is 2.50 bits per heavy atom. The van der Waals surface area contributed by atoms with Gasteiger partial charge >= 0.3 is 0 Å². The van der Waals surface area contributed by atoms with E-state index in [1.54, 1.807) is 6.20 Å². The SMILES string of the molecule is CCNC(=O)Cc1cn[nH]c1C. The van der Waals surface area contributed by atoms with Crippen molar-refractivity contribution >= 4 is 5.91 Å². The second kappa shape index (κ2) is 3.90. The number of hydrogen-bond donors (Lipinski definition) is 2. The highest BCUT2D eigenvalue weighted by Gasteiger charge is 2.05. The Balaban J connectivity index is 2.52. The molecule has 1 aromatic heterocycles. The lowest BCUT2D eigenvalue weighted by Gasteiger charge is -1.99. The third-order valence-corrected chi connectivity index (χ3v) is 1.66. The molecule has 0 radical (unpaired) electrons. The molecule has 1 rings (SSSR count). The lowest BCUT2D eigenvalue weighted by atomic mass is 10.2. The summed E-state index contributed by atoms with van der Waals surface area (Å²) in [6.07, 6.45) is 2.10. The van der Waals surface area contributed by atoms with Crippen molar-refractivity contribution < 1.29 is 4.79 Å². The minimum atomic E-state index is 0.0435. The fourth-order valence-electron chi connectivity index (χ4n) is 0.987. The number of hydrogen-bond acceptors (Lipinski definition) is 2. The predicted octanol–water partition coefficient (Wildman–Crippen LogP) is 0.397. The number of aromatic nitrogens is 2. The van der Waals surface area contributed by atoms with Crippen LogP contribution in [0.15, 0.2) is 6.20 Å². The first-order valence-electron chi connectivity index (χ1n) is 3.99. The van der Waals surface area contributed by atoms with Crippen LogP contribution in [0.2, 0.25) is 0 Å². The van der Waals surface area contributed by atoms with Gasteiger partial charge in [0.25, 0.3) is 0 Å². The van der Waals surface area contributed by atoms with E-state index in [2.05, 4.69) is 15.5 Å². The lowest BCUT2D eigenvalue weighted by Crippen LogP contribution is -2.24. The standard InChI is InChI=1S/C8H13N3O/c1-3-9-8(12)4-7-5-10-11-6(7)2/h5H,3-4H2,1-2H3,(H,9,12)(H,10,11). The van der Waals surface area contributed by atoms with Gasteiger partial charge in [0.15, 0.2) is 0 Å². The van der Waals surface area contributed by atoms with Crippen molar-refractivity contribution in [1.82, 2.24) is 15.5 Å². The Bertz CT molecular complexity index is 267. The topological polar surface area (TPSA) is 57.8 Å². The second-order valence-corrected chi connectivity index (χ2v) is 2.65. The minimum absolute atomic E-state index is 0.0435. The van der Waals surface area contributed by atoms with E-state index < -0.39 is 0 Å². The molecule has 0 spiro atoms. The van der Waals surface area contributed by atoms with Crippen LogP contribution in [0.3, 0.4) is 0 Å². The van der Waals surface area contributed by atoms with E-state index in [1.165, 1.54) is 0 Å². The van der Waals surface area contributed by atoms with Crippen molar-refractivity contribution in [2.24, 2.45) is 0 Å². The summed E-state index contributed by atoms with van der Waals surface area (Å²) >= 11 is 0. The molecule has 4 nitrogen and oxygen atoms in total. The Kier molecular flexibility index (Phi) is 2.85. The molecule has 66 valence electrons. The second-order valence-electron chi connectivity index (χ2n) is 2.65. The first kappa shape index (κ1) is 8.77. The van der Waals surface area contributed by atoms with Crippen molar-refractivity contribution in [2.45, 2.75) is 20.3 Å². The fourth-order valence-corrected chi connectivity index (χ4v) is 0.987. The Labute approximate surface area is 71.4 Å². The summed E-state index contributed by atoms with van der Waals surface area (Å²) in [6.45, 7) is 4.48. The van der Waals surface area contributed by atoms with Crippen LogP contribution in [-0.2, 0) is 11.2 Å². The molecule has 2 N–H and O–H groups in total. The number of carbonyl (C=O) groups excluding carboxylic acids is 1. The van der Waals surface area contributed by atoms with Gasteiger partial charge in [-0.2, -0.15) is 5.10 Å². The molecule has 0 saturated carbocycles. The maximum atomic E-state index is 11.1.